The van der Waals surface area contributed by atoms with E-state index < -0.39 is 23.5 Å². The summed E-state index contributed by atoms with van der Waals surface area (Å²) in [6.07, 6.45) is 3.09. The predicted molar refractivity (Wildman–Crippen MR) is 147 cm³/mol. The van der Waals surface area contributed by atoms with Crippen molar-refractivity contribution in [2.24, 2.45) is 0 Å². The maximum absolute atomic E-state index is 13.4. The summed E-state index contributed by atoms with van der Waals surface area (Å²) in [5.41, 5.74) is 3.58. The normalized spacial score (nSPS) is 15.3. The van der Waals surface area contributed by atoms with Gasteiger partial charge in [-0.2, -0.15) is 0 Å². The van der Waals surface area contributed by atoms with Crippen LogP contribution in [0.2, 0.25) is 0 Å². The zero-order valence-electron chi connectivity index (χ0n) is 20.7. The molecule has 0 saturated carbocycles. The fourth-order valence-corrected chi connectivity index (χ4v) is 4.51. The van der Waals surface area contributed by atoms with Gasteiger partial charge < -0.3 is 14.7 Å². The second kappa shape index (κ2) is 11.4. The largest absolute Gasteiger partial charge is 0.503 e. The van der Waals surface area contributed by atoms with Crippen LogP contribution in [0, 0.1) is 0 Å². The van der Waals surface area contributed by atoms with Crippen molar-refractivity contribution in [3.63, 3.8) is 0 Å². The first-order chi connectivity index (χ1) is 18.6. The summed E-state index contributed by atoms with van der Waals surface area (Å²) in [7, 11) is 0. The van der Waals surface area contributed by atoms with Gasteiger partial charge in [0.2, 0.25) is 0 Å². The summed E-state index contributed by atoms with van der Waals surface area (Å²) < 4.78 is 5.92. The Morgan fingerprint density at radius 2 is 1.37 bits per heavy atom. The highest BCUT2D eigenvalue weighted by Crippen LogP contribution is 2.39. The van der Waals surface area contributed by atoms with Crippen LogP contribution < -0.4 is 4.74 Å². The third-order valence-corrected chi connectivity index (χ3v) is 6.44. The highest BCUT2D eigenvalue weighted by atomic mass is 16.5. The molecule has 1 amide bonds. The number of aliphatic hydroxyl groups is 1. The van der Waals surface area contributed by atoms with Crippen LogP contribution in [0.1, 0.15) is 28.3 Å². The number of nitrogens with zero attached hydrogens (tertiary/aromatic N) is 1. The van der Waals surface area contributed by atoms with Crippen LogP contribution in [0.15, 0.2) is 133 Å². The minimum absolute atomic E-state index is 0.0658. The van der Waals surface area contributed by atoms with Crippen molar-refractivity contribution in [2.45, 2.75) is 19.2 Å². The van der Waals surface area contributed by atoms with Crippen molar-refractivity contribution in [2.75, 3.05) is 0 Å². The number of carbonyl (C=O) groups excluding carboxylic acids is 2. The van der Waals surface area contributed by atoms with Gasteiger partial charge in [-0.25, -0.2) is 0 Å². The molecule has 1 N–H and O–H groups in total. The first kappa shape index (κ1) is 24.8. The molecule has 38 heavy (non-hydrogen) atoms. The molecular formula is C33H27NO4. The minimum atomic E-state index is -0.737. The van der Waals surface area contributed by atoms with E-state index in [1.165, 1.54) is 11.0 Å². The van der Waals surface area contributed by atoms with E-state index in [1.807, 2.05) is 115 Å². The van der Waals surface area contributed by atoms with Crippen molar-refractivity contribution in [1.82, 2.24) is 4.90 Å². The first-order valence-corrected chi connectivity index (χ1v) is 12.4. The first-order valence-electron chi connectivity index (χ1n) is 12.4. The van der Waals surface area contributed by atoms with E-state index in [9.17, 15) is 14.7 Å². The third kappa shape index (κ3) is 5.57. The number of allylic oxidation sites excluding steroid dienone is 1. The number of hydrogen-bond acceptors (Lipinski definition) is 4. The third-order valence-electron chi connectivity index (χ3n) is 6.44. The molecule has 4 aromatic rings. The van der Waals surface area contributed by atoms with Gasteiger partial charge in [-0.05, 0) is 40.5 Å². The Morgan fingerprint density at radius 3 is 2.00 bits per heavy atom. The van der Waals surface area contributed by atoms with Gasteiger partial charge in [-0.1, -0.05) is 109 Å². The number of ketones is 1. The Hall–Kier alpha value is -4.90. The van der Waals surface area contributed by atoms with Gasteiger partial charge in [0.25, 0.3) is 5.91 Å². The van der Waals surface area contributed by atoms with Gasteiger partial charge in [0, 0.05) is 6.54 Å². The molecule has 5 nitrogen and oxygen atoms in total. The number of aliphatic hydroxyl groups excluding tert-OH is 1. The van der Waals surface area contributed by atoms with Gasteiger partial charge in [0.1, 0.15) is 12.4 Å². The highest BCUT2D eigenvalue weighted by molar-refractivity contribution is 6.14. The summed E-state index contributed by atoms with van der Waals surface area (Å²) in [4.78, 5) is 28.1. The SMILES string of the molecule is O=C(/C=C/c1ccccc1)C1=C(O)C(=O)N(Cc2ccccc2)C1c1ccc(OCc2ccccc2)cc1. The molecule has 5 rings (SSSR count). The molecule has 188 valence electrons. The molecule has 4 aromatic carbocycles. The zero-order chi connectivity index (χ0) is 26.3. The smallest absolute Gasteiger partial charge is 0.290 e. The molecule has 0 fully saturated rings. The van der Waals surface area contributed by atoms with Crippen molar-refractivity contribution in [3.8, 4) is 5.75 Å². The molecule has 0 saturated heterocycles. The fraction of sp³-hybridized carbons (Fsp3) is 0.0909. The Balaban J connectivity index is 1.44. The van der Waals surface area contributed by atoms with Gasteiger partial charge in [-0.15, -0.1) is 0 Å². The molecule has 1 heterocycles. The number of amides is 1. The van der Waals surface area contributed by atoms with Crippen LogP contribution in [0.4, 0.5) is 0 Å². The lowest BCUT2D eigenvalue weighted by Gasteiger charge is -2.27. The lowest BCUT2D eigenvalue weighted by atomic mass is 9.95. The Kier molecular flexibility index (Phi) is 7.46. The van der Waals surface area contributed by atoms with Gasteiger partial charge in [-0.3, -0.25) is 9.59 Å². The zero-order valence-corrected chi connectivity index (χ0v) is 20.7. The monoisotopic (exact) mass is 501 g/mol. The number of hydrogen-bond donors (Lipinski definition) is 1. The minimum Gasteiger partial charge on any atom is -0.503 e. The van der Waals surface area contributed by atoms with E-state index in [4.69, 9.17) is 4.74 Å². The summed E-state index contributed by atoms with van der Waals surface area (Å²) in [6.45, 7) is 0.677. The maximum atomic E-state index is 13.4. The average molecular weight is 502 g/mol. The second-order valence-electron chi connectivity index (χ2n) is 9.04. The number of rotatable bonds is 9. The lowest BCUT2D eigenvalue weighted by Crippen LogP contribution is -2.30. The van der Waals surface area contributed by atoms with Crippen molar-refractivity contribution < 1.29 is 19.4 Å². The van der Waals surface area contributed by atoms with Crippen LogP contribution in [0.25, 0.3) is 6.08 Å². The van der Waals surface area contributed by atoms with Crippen molar-refractivity contribution in [3.05, 3.63) is 155 Å². The van der Waals surface area contributed by atoms with Crippen LogP contribution in [0.5, 0.6) is 5.75 Å². The molecule has 0 radical (unpaired) electrons. The number of ether oxygens (including phenoxy) is 1. The standard InChI is InChI=1S/C33H27NO4/c35-29(21-16-24-10-4-1-5-11-24)30-31(34(33(37)32(30)36)22-25-12-6-2-7-13-25)27-17-19-28(20-18-27)38-23-26-14-8-3-9-15-26/h1-21,31,36H,22-23H2/b21-16+. The van der Waals surface area contributed by atoms with Crippen molar-refractivity contribution in [1.29, 1.82) is 0 Å². The van der Waals surface area contributed by atoms with Crippen LogP contribution >= 0.6 is 0 Å². The lowest BCUT2D eigenvalue weighted by molar-refractivity contribution is -0.130. The molecular weight excluding hydrogens is 474 g/mol. The molecule has 1 unspecified atom stereocenters. The van der Waals surface area contributed by atoms with Crippen LogP contribution in [-0.2, 0) is 22.7 Å². The molecule has 1 atom stereocenters. The van der Waals surface area contributed by atoms with Gasteiger partial charge in [0.15, 0.2) is 11.5 Å². The van der Waals surface area contributed by atoms with Crippen molar-refractivity contribution >= 4 is 17.8 Å². The van der Waals surface area contributed by atoms with E-state index >= 15 is 0 Å². The molecule has 1 aliphatic rings. The molecule has 0 aliphatic carbocycles. The highest BCUT2D eigenvalue weighted by Gasteiger charge is 2.42. The summed E-state index contributed by atoms with van der Waals surface area (Å²) in [5.74, 6) is -0.830. The second-order valence-corrected chi connectivity index (χ2v) is 9.04. The van der Waals surface area contributed by atoms with E-state index in [2.05, 4.69) is 0 Å². The van der Waals surface area contributed by atoms with E-state index in [0.29, 0.717) is 17.9 Å². The summed E-state index contributed by atoms with van der Waals surface area (Å²) in [6, 6.07) is 35.4. The Labute approximate surface area is 221 Å². The molecule has 5 heteroatoms. The van der Waals surface area contributed by atoms with E-state index in [0.717, 1.165) is 16.7 Å². The molecule has 1 aliphatic heterocycles. The van der Waals surface area contributed by atoms with Crippen LogP contribution in [0.3, 0.4) is 0 Å². The Morgan fingerprint density at radius 1 is 0.789 bits per heavy atom. The number of benzene rings is 4. The summed E-state index contributed by atoms with van der Waals surface area (Å²) in [5, 5.41) is 10.9. The average Bonchev–Trinajstić information content (AvgIpc) is 3.22. The Bertz CT molecular complexity index is 1460. The molecule has 0 bridgehead atoms. The molecule has 0 spiro atoms. The molecule has 0 aromatic heterocycles. The topological polar surface area (TPSA) is 66.8 Å². The fourth-order valence-electron chi connectivity index (χ4n) is 4.51. The quantitative estimate of drug-likeness (QED) is 0.268. The number of carbonyl (C=O) groups is 2. The van der Waals surface area contributed by atoms with Gasteiger partial charge >= 0.3 is 0 Å². The van der Waals surface area contributed by atoms with Gasteiger partial charge in [0.05, 0.1) is 11.6 Å². The summed E-state index contributed by atoms with van der Waals surface area (Å²) >= 11 is 0. The predicted octanol–water partition coefficient (Wildman–Crippen LogP) is 6.44. The maximum Gasteiger partial charge on any atom is 0.290 e. The van der Waals surface area contributed by atoms with Crippen LogP contribution in [-0.4, -0.2) is 21.7 Å². The van der Waals surface area contributed by atoms with E-state index in [-0.39, 0.29) is 12.1 Å². The van der Waals surface area contributed by atoms with E-state index in [1.54, 1.807) is 6.08 Å².